The van der Waals surface area contributed by atoms with Gasteiger partial charge in [-0.2, -0.15) is 0 Å². The number of nitro benzene ring substituents is 1. The molecule has 0 atom stereocenters. The molecule has 132 valence electrons. The molecule has 6 nitrogen and oxygen atoms in total. The highest BCUT2D eigenvalue weighted by Crippen LogP contribution is 2.20. The zero-order valence-corrected chi connectivity index (χ0v) is 14.4. The molecule has 3 rings (SSSR count). The van der Waals surface area contributed by atoms with Crippen LogP contribution in [-0.2, 0) is 0 Å². The van der Waals surface area contributed by atoms with Crippen LogP contribution in [0.15, 0.2) is 48.5 Å². The van der Waals surface area contributed by atoms with Crippen LogP contribution in [0.3, 0.4) is 0 Å². The van der Waals surface area contributed by atoms with Crippen molar-refractivity contribution >= 4 is 11.4 Å². The second kappa shape index (κ2) is 7.98. The van der Waals surface area contributed by atoms with Gasteiger partial charge in [-0.1, -0.05) is 12.1 Å². The molecule has 0 saturated carbocycles. The van der Waals surface area contributed by atoms with Crippen molar-refractivity contribution in [1.29, 1.82) is 0 Å². The number of piperazine rings is 1. The first kappa shape index (κ1) is 17.2. The van der Waals surface area contributed by atoms with E-state index in [1.54, 1.807) is 12.1 Å². The van der Waals surface area contributed by atoms with E-state index >= 15 is 0 Å². The van der Waals surface area contributed by atoms with Crippen molar-refractivity contribution < 1.29 is 9.66 Å². The molecule has 0 bridgehead atoms. The van der Waals surface area contributed by atoms with Crippen molar-refractivity contribution in [2.45, 2.75) is 6.92 Å². The molecule has 1 saturated heterocycles. The number of non-ortho nitro benzene ring substituents is 1. The maximum absolute atomic E-state index is 10.7. The Morgan fingerprint density at radius 1 is 1.08 bits per heavy atom. The molecule has 1 aliphatic heterocycles. The van der Waals surface area contributed by atoms with Crippen LogP contribution in [0, 0.1) is 17.0 Å². The lowest BCUT2D eigenvalue weighted by molar-refractivity contribution is -0.384. The minimum atomic E-state index is -0.365. The maximum atomic E-state index is 10.7. The number of aryl methyl sites for hydroxylation is 1. The van der Waals surface area contributed by atoms with Gasteiger partial charge in [0, 0.05) is 50.5 Å². The molecular weight excluding hydrogens is 318 g/mol. The Labute approximate surface area is 147 Å². The summed E-state index contributed by atoms with van der Waals surface area (Å²) < 4.78 is 5.82. The molecule has 2 aromatic rings. The van der Waals surface area contributed by atoms with Crippen LogP contribution in [0.4, 0.5) is 11.4 Å². The number of anilines is 1. The number of hydrogen-bond acceptors (Lipinski definition) is 5. The van der Waals surface area contributed by atoms with Gasteiger partial charge in [0.25, 0.3) is 5.69 Å². The zero-order valence-electron chi connectivity index (χ0n) is 14.4. The Bertz CT molecular complexity index is 710. The Morgan fingerprint density at radius 3 is 2.44 bits per heavy atom. The van der Waals surface area contributed by atoms with E-state index in [4.69, 9.17) is 4.74 Å². The van der Waals surface area contributed by atoms with Gasteiger partial charge in [-0.05, 0) is 36.8 Å². The molecule has 1 fully saturated rings. The summed E-state index contributed by atoms with van der Waals surface area (Å²) in [5.41, 5.74) is 2.38. The summed E-state index contributed by atoms with van der Waals surface area (Å²) in [7, 11) is 0. The van der Waals surface area contributed by atoms with Gasteiger partial charge in [-0.25, -0.2) is 0 Å². The van der Waals surface area contributed by atoms with E-state index in [2.05, 4.69) is 22.8 Å². The molecule has 2 aromatic carbocycles. The van der Waals surface area contributed by atoms with Crippen molar-refractivity contribution in [3.63, 3.8) is 0 Å². The zero-order chi connectivity index (χ0) is 17.6. The van der Waals surface area contributed by atoms with Crippen LogP contribution >= 0.6 is 0 Å². The molecule has 0 spiro atoms. The summed E-state index contributed by atoms with van der Waals surface area (Å²) in [5.74, 6) is 0.921. The fraction of sp³-hybridized carbons (Fsp3) is 0.368. The summed E-state index contributed by atoms with van der Waals surface area (Å²) >= 11 is 0. The Kier molecular flexibility index (Phi) is 5.50. The van der Waals surface area contributed by atoms with Gasteiger partial charge >= 0.3 is 0 Å². The summed E-state index contributed by atoms with van der Waals surface area (Å²) in [5, 5.41) is 10.7. The van der Waals surface area contributed by atoms with Crippen LogP contribution < -0.4 is 9.64 Å². The number of ether oxygens (including phenoxy) is 1. The van der Waals surface area contributed by atoms with E-state index in [9.17, 15) is 10.1 Å². The van der Waals surface area contributed by atoms with Crippen molar-refractivity contribution in [3.8, 4) is 5.75 Å². The maximum Gasteiger partial charge on any atom is 0.269 e. The molecule has 0 unspecified atom stereocenters. The smallest absolute Gasteiger partial charge is 0.269 e. The van der Waals surface area contributed by atoms with Crippen molar-refractivity contribution in [2.75, 3.05) is 44.2 Å². The minimum Gasteiger partial charge on any atom is -0.492 e. The lowest BCUT2D eigenvalue weighted by Gasteiger charge is -2.36. The van der Waals surface area contributed by atoms with Gasteiger partial charge in [0.2, 0.25) is 0 Å². The molecule has 1 aliphatic rings. The van der Waals surface area contributed by atoms with E-state index < -0.39 is 0 Å². The van der Waals surface area contributed by atoms with Gasteiger partial charge in [0.15, 0.2) is 0 Å². The Balaban J connectivity index is 1.43. The SMILES string of the molecule is Cc1cccc(OCCN2CCN(c3ccc([N+](=O)[O-])cc3)CC2)c1. The topological polar surface area (TPSA) is 58.8 Å². The second-order valence-corrected chi connectivity index (χ2v) is 6.27. The summed E-state index contributed by atoms with van der Waals surface area (Å²) in [6.45, 7) is 7.42. The third kappa shape index (κ3) is 4.70. The number of benzene rings is 2. The van der Waals surface area contributed by atoms with Crippen LogP contribution in [0.25, 0.3) is 0 Å². The van der Waals surface area contributed by atoms with Gasteiger partial charge in [-0.15, -0.1) is 0 Å². The first-order valence-electron chi connectivity index (χ1n) is 8.53. The molecule has 0 N–H and O–H groups in total. The van der Waals surface area contributed by atoms with Gasteiger partial charge in [0.1, 0.15) is 12.4 Å². The predicted molar refractivity (Wildman–Crippen MR) is 98.4 cm³/mol. The molecule has 0 amide bonds. The molecule has 0 aromatic heterocycles. The van der Waals surface area contributed by atoms with E-state index in [1.807, 2.05) is 30.3 Å². The molecule has 0 aliphatic carbocycles. The normalized spacial score (nSPS) is 15.2. The van der Waals surface area contributed by atoms with E-state index in [1.165, 1.54) is 5.56 Å². The highest BCUT2D eigenvalue weighted by molar-refractivity contribution is 5.51. The van der Waals surface area contributed by atoms with Gasteiger partial charge < -0.3 is 9.64 Å². The number of nitro groups is 1. The number of nitrogens with zero attached hydrogens (tertiary/aromatic N) is 3. The molecular formula is C19H23N3O3. The average molecular weight is 341 g/mol. The quantitative estimate of drug-likeness (QED) is 0.597. The first-order chi connectivity index (χ1) is 12.1. The molecule has 0 radical (unpaired) electrons. The van der Waals surface area contributed by atoms with Crippen molar-refractivity contribution in [2.24, 2.45) is 0 Å². The van der Waals surface area contributed by atoms with E-state index in [-0.39, 0.29) is 10.6 Å². The summed E-state index contributed by atoms with van der Waals surface area (Å²) in [6.07, 6.45) is 0. The molecule has 6 heteroatoms. The predicted octanol–water partition coefficient (Wildman–Crippen LogP) is 3.10. The van der Waals surface area contributed by atoms with Crippen molar-refractivity contribution in [1.82, 2.24) is 4.90 Å². The number of hydrogen-bond donors (Lipinski definition) is 0. The largest absolute Gasteiger partial charge is 0.492 e. The first-order valence-corrected chi connectivity index (χ1v) is 8.53. The van der Waals surface area contributed by atoms with E-state index in [0.29, 0.717) is 6.61 Å². The second-order valence-electron chi connectivity index (χ2n) is 6.27. The fourth-order valence-electron chi connectivity index (χ4n) is 3.01. The molecule has 1 heterocycles. The summed E-state index contributed by atoms with van der Waals surface area (Å²) in [6, 6.07) is 14.9. The monoisotopic (exact) mass is 341 g/mol. The standard InChI is InChI=1S/C19H23N3O3/c1-16-3-2-4-19(15-16)25-14-13-20-9-11-21(12-10-20)17-5-7-18(8-6-17)22(23)24/h2-8,15H,9-14H2,1H3. The minimum absolute atomic E-state index is 0.135. The Morgan fingerprint density at radius 2 is 1.80 bits per heavy atom. The summed E-state index contributed by atoms with van der Waals surface area (Å²) in [4.78, 5) is 15.0. The van der Waals surface area contributed by atoms with Crippen molar-refractivity contribution in [3.05, 3.63) is 64.2 Å². The van der Waals surface area contributed by atoms with Crippen LogP contribution in [0.5, 0.6) is 5.75 Å². The average Bonchev–Trinajstić information content (AvgIpc) is 2.62. The third-order valence-electron chi connectivity index (χ3n) is 4.46. The van der Waals surface area contributed by atoms with Crippen LogP contribution in [-0.4, -0.2) is 49.2 Å². The number of rotatable bonds is 6. The highest BCUT2D eigenvalue weighted by Gasteiger charge is 2.17. The highest BCUT2D eigenvalue weighted by atomic mass is 16.6. The Hall–Kier alpha value is -2.60. The fourth-order valence-corrected chi connectivity index (χ4v) is 3.01. The van der Waals surface area contributed by atoms with E-state index in [0.717, 1.165) is 44.2 Å². The molecule has 25 heavy (non-hydrogen) atoms. The third-order valence-corrected chi connectivity index (χ3v) is 4.46. The lowest BCUT2D eigenvalue weighted by Crippen LogP contribution is -2.47. The lowest BCUT2D eigenvalue weighted by atomic mass is 10.2. The van der Waals surface area contributed by atoms with Gasteiger partial charge in [0.05, 0.1) is 4.92 Å². The van der Waals surface area contributed by atoms with Crippen LogP contribution in [0.1, 0.15) is 5.56 Å². The van der Waals surface area contributed by atoms with Gasteiger partial charge in [-0.3, -0.25) is 15.0 Å². The van der Waals surface area contributed by atoms with Crippen LogP contribution in [0.2, 0.25) is 0 Å².